The molecule has 0 spiro atoms. The van der Waals surface area contributed by atoms with E-state index >= 15 is 0 Å². The standard InChI is InChI=1S/C13H27N3O/c1-4-16(10-13(17)15-11(2)3)12-6-5-8-14-9-7-12/h11-12,14H,4-10H2,1-3H3,(H,15,17). The predicted molar refractivity (Wildman–Crippen MR) is 71.0 cm³/mol. The van der Waals surface area contributed by atoms with Crippen LogP contribution in [0.3, 0.4) is 0 Å². The number of likely N-dealkylation sites (N-methyl/N-ethyl adjacent to an activating group) is 1. The van der Waals surface area contributed by atoms with Crippen molar-refractivity contribution in [1.29, 1.82) is 0 Å². The fourth-order valence-corrected chi connectivity index (χ4v) is 2.42. The number of hydrogen-bond donors (Lipinski definition) is 2. The van der Waals surface area contributed by atoms with Gasteiger partial charge in [-0.1, -0.05) is 6.92 Å². The first-order chi connectivity index (χ1) is 8.13. The van der Waals surface area contributed by atoms with Gasteiger partial charge < -0.3 is 10.6 Å². The number of carbonyl (C=O) groups excluding carboxylic acids is 1. The highest BCUT2D eigenvalue weighted by molar-refractivity contribution is 5.78. The zero-order valence-corrected chi connectivity index (χ0v) is 11.5. The Labute approximate surface area is 105 Å². The Balaban J connectivity index is 2.42. The van der Waals surface area contributed by atoms with Gasteiger partial charge in [0.1, 0.15) is 0 Å². The molecule has 0 aromatic carbocycles. The molecule has 0 radical (unpaired) electrons. The monoisotopic (exact) mass is 241 g/mol. The smallest absolute Gasteiger partial charge is 0.234 e. The van der Waals surface area contributed by atoms with Gasteiger partial charge in [-0.05, 0) is 52.7 Å². The van der Waals surface area contributed by atoms with Crippen molar-refractivity contribution in [3.63, 3.8) is 0 Å². The first kappa shape index (κ1) is 14.5. The summed E-state index contributed by atoms with van der Waals surface area (Å²) in [6, 6.07) is 0.796. The molecule has 2 N–H and O–H groups in total. The van der Waals surface area contributed by atoms with E-state index < -0.39 is 0 Å². The van der Waals surface area contributed by atoms with Gasteiger partial charge in [-0.2, -0.15) is 0 Å². The van der Waals surface area contributed by atoms with E-state index in [1.807, 2.05) is 13.8 Å². The minimum Gasteiger partial charge on any atom is -0.353 e. The van der Waals surface area contributed by atoms with Gasteiger partial charge in [-0.3, -0.25) is 9.69 Å². The molecule has 1 rings (SSSR count). The maximum atomic E-state index is 11.8. The minimum atomic E-state index is 0.152. The number of nitrogens with zero attached hydrogens (tertiary/aromatic N) is 1. The van der Waals surface area contributed by atoms with Crippen LogP contribution in [0.2, 0.25) is 0 Å². The Morgan fingerprint density at radius 2 is 2.18 bits per heavy atom. The fraction of sp³-hybridized carbons (Fsp3) is 0.923. The van der Waals surface area contributed by atoms with Crippen LogP contribution < -0.4 is 10.6 Å². The summed E-state index contributed by atoms with van der Waals surface area (Å²) in [4.78, 5) is 14.1. The molecule has 1 saturated heterocycles. The van der Waals surface area contributed by atoms with Crippen LogP contribution in [0.1, 0.15) is 40.0 Å². The molecule has 17 heavy (non-hydrogen) atoms. The summed E-state index contributed by atoms with van der Waals surface area (Å²) in [5.41, 5.74) is 0. The lowest BCUT2D eigenvalue weighted by molar-refractivity contribution is -0.123. The molecule has 1 heterocycles. The highest BCUT2D eigenvalue weighted by atomic mass is 16.2. The maximum absolute atomic E-state index is 11.8. The van der Waals surface area contributed by atoms with Crippen LogP contribution in [-0.4, -0.2) is 49.1 Å². The van der Waals surface area contributed by atoms with Crippen LogP contribution >= 0.6 is 0 Å². The average Bonchev–Trinajstić information content (AvgIpc) is 2.53. The van der Waals surface area contributed by atoms with Crippen LogP contribution in [0, 0.1) is 0 Å². The number of amides is 1. The van der Waals surface area contributed by atoms with Crippen molar-refractivity contribution in [1.82, 2.24) is 15.5 Å². The topological polar surface area (TPSA) is 44.4 Å². The van der Waals surface area contributed by atoms with Crippen molar-refractivity contribution in [3.05, 3.63) is 0 Å². The van der Waals surface area contributed by atoms with Gasteiger partial charge in [0.15, 0.2) is 0 Å². The molecule has 1 unspecified atom stereocenters. The van der Waals surface area contributed by atoms with Crippen molar-refractivity contribution in [2.75, 3.05) is 26.2 Å². The quantitative estimate of drug-likeness (QED) is 0.754. The summed E-state index contributed by atoms with van der Waals surface area (Å²) in [5, 5.41) is 6.38. The number of rotatable bonds is 5. The molecule has 0 aliphatic carbocycles. The van der Waals surface area contributed by atoms with E-state index in [0.717, 1.165) is 26.1 Å². The molecule has 1 amide bonds. The van der Waals surface area contributed by atoms with Crippen LogP contribution in [-0.2, 0) is 4.79 Å². The van der Waals surface area contributed by atoms with Gasteiger partial charge in [-0.15, -0.1) is 0 Å². The molecular formula is C13H27N3O. The minimum absolute atomic E-state index is 0.152. The molecule has 0 saturated carbocycles. The second kappa shape index (κ2) is 7.67. The Bertz CT molecular complexity index is 223. The molecule has 1 fully saturated rings. The van der Waals surface area contributed by atoms with Crippen LogP contribution in [0.15, 0.2) is 0 Å². The van der Waals surface area contributed by atoms with E-state index in [1.54, 1.807) is 0 Å². The lowest BCUT2D eigenvalue weighted by atomic mass is 10.1. The third-order valence-electron chi connectivity index (χ3n) is 3.26. The molecule has 1 aliphatic rings. The van der Waals surface area contributed by atoms with E-state index in [1.165, 1.54) is 12.8 Å². The number of hydrogen-bond acceptors (Lipinski definition) is 3. The summed E-state index contributed by atoms with van der Waals surface area (Å²) in [6.07, 6.45) is 3.57. The van der Waals surface area contributed by atoms with E-state index in [-0.39, 0.29) is 11.9 Å². The molecule has 4 heteroatoms. The third kappa shape index (κ3) is 5.50. The van der Waals surface area contributed by atoms with Crippen molar-refractivity contribution in [3.8, 4) is 0 Å². The molecule has 0 bridgehead atoms. The second-order valence-corrected chi connectivity index (χ2v) is 5.12. The summed E-state index contributed by atoms with van der Waals surface area (Å²) in [5.74, 6) is 0.152. The summed E-state index contributed by atoms with van der Waals surface area (Å²) in [6.45, 7) is 9.84. The maximum Gasteiger partial charge on any atom is 0.234 e. The third-order valence-corrected chi connectivity index (χ3v) is 3.26. The molecule has 0 aromatic heterocycles. The van der Waals surface area contributed by atoms with Gasteiger partial charge >= 0.3 is 0 Å². The number of carbonyl (C=O) groups is 1. The van der Waals surface area contributed by atoms with Crippen molar-refractivity contribution < 1.29 is 4.79 Å². The molecule has 4 nitrogen and oxygen atoms in total. The SMILES string of the molecule is CCN(CC(=O)NC(C)C)C1CCCNCC1. The Kier molecular flexibility index (Phi) is 6.52. The van der Waals surface area contributed by atoms with Gasteiger partial charge in [0, 0.05) is 12.1 Å². The highest BCUT2D eigenvalue weighted by Crippen LogP contribution is 2.12. The van der Waals surface area contributed by atoms with E-state index in [9.17, 15) is 4.79 Å². The molecule has 100 valence electrons. The Hall–Kier alpha value is -0.610. The molecule has 1 atom stereocenters. The van der Waals surface area contributed by atoms with Gasteiger partial charge in [0.25, 0.3) is 0 Å². The van der Waals surface area contributed by atoms with Crippen molar-refractivity contribution >= 4 is 5.91 Å². The lowest BCUT2D eigenvalue weighted by Crippen LogP contribution is -2.44. The Morgan fingerprint density at radius 1 is 1.41 bits per heavy atom. The zero-order chi connectivity index (χ0) is 12.7. The fourth-order valence-electron chi connectivity index (χ4n) is 2.42. The van der Waals surface area contributed by atoms with E-state index in [0.29, 0.717) is 12.6 Å². The van der Waals surface area contributed by atoms with Crippen molar-refractivity contribution in [2.45, 2.75) is 52.1 Å². The van der Waals surface area contributed by atoms with Crippen LogP contribution in [0.5, 0.6) is 0 Å². The molecule has 1 aliphatic heterocycles. The van der Waals surface area contributed by atoms with E-state index in [2.05, 4.69) is 22.5 Å². The zero-order valence-electron chi connectivity index (χ0n) is 11.5. The van der Waals surface area contributed by atoms with E-state index in [4.69, 9.17) is 0 Å². The Morgan fingerprint density at radius 3 is 2.82 bits per heavy atom. The highest BCUT2D eigenvalue weighted by Gasteiger charge is 2.20. The van der Waals surface area contributed by atoms with Crippen LogP contribution in [0.4, 0.5) is 0 Å². The van der Waals surface area contributed by atoms with Crippen molar-refractivity contribution in [2.24, 2.45) is 0 Å². The summed E-state index contributed by atoms with van der Waals surface area (Å²) < 4.78 is 0. The predicted octanol–water partition coefficient (Wildman–Crippen LogP) is 0.975. The summed E-state index contributed by atoms with van der Waals surface area (Å²) >= 11 is 0. The normalized spacial score (nSPS) is 21.6. The summed E-state index contributed by atoms with van der Waals surface area (Å²) in [7, 11) is 0. The van der Waals surface area contributed by atoms with Gasteiger partial charge in [0.2, 0.25) is 5.91 Å². The first-order valence-corrected chi connectivity index (χ1v) is 6.87. The first-order valence-electron chi connectivity index (χ1n) is 6.87. The average molecular weight is 241 g/mol. The van der Waals surface area contributed by atoms with Gasteiger partial charge in [0.05, 0.1) is 6.54 Å². The largest absolute Gasteiger partial charge is 0.353 e. The lowest BCUT2D eigenvalue weighted by Gasteiger charge is -2.29. The second-order valence-electron chi connectivity index (χ2n) is 5.12. The number of nitrogens with one attached hydrogen (secondary N) is 2. The molecular weight excluding hydrogens is 214 g/mol. The van der Waals surface area contributed by atoms with Crippen LogP contribution in [0.25, 0.3) is 0 Å². The van der Waals surface area contributed by atoms with Gasteiger partial charge in [-0.25, -0.2) is 0 Å². The molecule has 0 aromatic rings.